The summed E-state index contributed by atoms with van der Waals surface area (Å²) in [6.45, 7) is 3.89. The van der Waals surface area contributed by atoms with E-state index in [4.69, 9.17) is 4.42 Å². The second-order valence-corrected chi connectivity index (χ2v) is 7.68. The number of fused-ring (bicyclic) bond motifs is 1. The van der Waals surface area contributed by atoms with Crippen LogP contribution in [0.1, 0.15) is 16.9 Å². The Hall–Kier alpha value is -3.76. The average Bonchev–Trinajstić information content (AvgIpc) is 3.35. The lowest BCUT2D eigenvalue weighted by Crippen LogP contribution is -2.14. The van der Waals surface area contributed by atoms with Gasteiger partial charge in [0.25, 0.3) is 5.91 Å². The summed E-state index contributed by atoms with van der Waals surface area (Å²) in [7, 11) is 0. The van der Waals surface area contributed by atoms with Gasteiger partial charge in [0.15, 0.2) is 10.2 Å². The van der Waals surface area contributed by atoms with Gasteiger partial charge in [0.1, 0.15) is 17.4 Å². The molecule has 0 unspecified atom stereocenters. The van der Waals surface area contributed by atoms with E-state index >= 15 is 0 Å². The number of para-hydroxylation sites is 2. The Balaban J connectivity index is 1.50. The number of furan rings is 1. The predicted octanol–water partition coefficient (Wildman–Crippen LogP) is 5.47. The third kappa shape index (κ3) is 4.14. The second-order valence-electron chi connectivity index (χ2n) is 6.69. The van der Waals surface area contributed by atoms with Crippen LogP contribution in [0.15, 0.2) is 74.8 Å². The maximum absolute atomic E-state index is 12.5. The van der Waals surface area contributed by atoms with Gasteiger partial charge in [0.2, 0.25) is 0 Å². The number of aromatic amines is 1. The van der Waals surface area contributed by atoms with E-state index in [1.54, 1.807) is 12.1 Å². The number of carbonyl (C=O) groups excluding carboxylic acids is 1. The molecule has 1 amide bonds. The molecule has 0 aliphatic rings. The Labute approximate surface area is 177 Å². The van der Waals surface area contributed by atoms with E-state index in [0.717, 1.165) is 22.2 Å². The van der Waals surface area contributed by atoms with Crippen LogP contribution in [0.4, 0.5) is 5.69 Å². The monoisotopic (exact) mass is 414 g/mol. The summed E-state index contributed by atoms with van der Waals surface area (Å²) in [4.78, 5) is 20.3. The van der Waals surface area contributed by atoms with E-state index in [1.165, 1.54) is 17.8 Å². The van der Waals surface area contributed by atoms with Crippen molar-refractivity contribution in [3.63, 3.8) is 0 Å². The molecule has 0 aliphatic carbocycles. The number of anilines is 1. The molecule has 0 bridgehead atoms. The van der Waals surface area contributed by atoms with Crippen LogP contribution in [0.5, 0.6) is 0 Å². The molecule has 0 atom stereocenters. The fourth-order valence-corrected chi connectivity index (χ4v) is 3.68. The number of nitriles is 1. The van der Waals surface area contributed by atoms with E-state index in [-0.39, 0.29) is 5.57 Å². The molecule has 0 spiro atoms. The van der Waals surface area contributed by atoms with Gasteiger partial charge in [-0.2, -0.15) is 5.26 Å². The highest BCUT2D eigenvalue weighted by atomic mass is 32.2. The first-order valence-electron chi connectivity index (χ1n) is 9.25. The maximum atomic E-state index is 12.5. The minimum absolute atomic E-state index is 0.0365. The van der Waals surface area contributed by atoms with Gasteiger partial charge < -0.3 is 14.7 Å². The Bertz CT molecular complexity index is 1280. The molecule has 2 N–H and O–H groups in total. The molecular formula is C23H18N4O2S. The molecule has 0 fully saturated rings. The van der Waals surface area contributed by atoms with Gasteiger partial charge in [0, 0.05) is 11.8 Å². The van der Waals surface area contributed by atoms with Crippen LogP contribution in [0.25, 0.3) is 17.1 Å². The standard InChI is InChI=1S/C23H18N4O2S/c1-14-6-5-9-18(15(14)2)25-22(28)16(13-24)12-17-10-11-21(29-17)30-23-26-19-7-3-4-8-20(19)27-23/h3-12H,1-2H3,(H,25,28)(H,26,27)/b16-12-. The number of imidazole rings is 1. The van der Waals surface area contributed by atoms with Crippen molar-refractivity contribution in [3.05, 3.63) is 77.1 Å². The zero-order chi connectivity index (χ0) is 21.1. The number of rotatable bonds is 5. The summed E-state index contributed by atoms with van der Waals surface area (Å²) in [6.07, 6.45) is 1.43. The zero-order valence-corrected chi connectivity index (χ0v) is 17.2. The van der Waals surface area contributed by atoms with Gasteiger partial charge in [0.05, 0.1) is 11.0 Å². The molecule has 148 valence electrons. The van der Waals surface area contributed by atoms with E-state index in [2.05, 4.69) is 15.3 Å². The first-order chi connectivity index (χ1) is 14.5. The highest BCUT2D eigenvalue weighted by molar-refractivity contribution is 7.99. The molecule has 2 aromatic carbocycles. The Morgan fingerprint density at radius 2 is 2.00 bits per heavy atom. The first kappa shape index (κ1) is 19.6. The van der Waals surface area contributed by atoms with Crippen LogP contribution >= 0.6 is 11.8 Å². The highest BCUT2D eigenvalue weighted by Crippen LogP contribution is 2.29. The molecule has 2 aromatic heterocycles. The minimum atomic E-state index is -0.478. The van der Waals surface area contributed by atoms with Crippen molar-refractivity contribution in [1.82, 2.24) is 9.97 Å². The molecular weight excluding hydrogens is 396 g/mol. The number of aromatic nitrogens is 2. The van der Waals surface area contributed by atoms with E-state index in [1.807, 2.05) is 62.4 Å². The topological polar surface area (TPSA) is 94.7 Å². The molecule has 0 aliphatic heterocycles. The van der Waals surface area contributed by atoms with E-state index < -0.39 is 5.91 Å². The van der Waals surface area contributed by atoms with Gasteiger partial charge >= 0.3 is 0 Å². The van der Waals surface area contributed by atoms with E-state index in [0.29, 0.717) is 21.7 Å². The van der Waals surface area contributed by atoms with Crippen LogP contribution in [0.2, 0.25) is 0 Å². The van der Waals surface area contributed by atoms with Crippen molar-refractivity contribution in [2.45, 2.75) is 24.1 Å². The van der Waals surface area contributed by atoms with Gasteiger partial charge in [-0.3, -0.25) is 4.79 Å². The van der Waals surface area contributed by atoms with Crippen molar-refractivity contribution in [2.75, 3.05) is 5.32 Å². The molecule has 4 rings (SSSR count). The quantitative estimate of drug-likeness (QED) is 0.333. The number of hydrogen-bond donors (Lipinski definition) is 2. The lowest BCUT2D eigenvalue weighted by molar-refractivity contribution is -0.112. The SMILES string of the molecule is Cc1cccc(NC(=O)/C(C#N)=C\c2ccc(Sc3nc4ccccc4[nH]3)o2)c1C. The van der Waals surface area contributed by atoms with Crippen molar-refractivity contribution in [3.8, 4) is 6.07 Å². The van der Waals surface area contributed by atoms with Crippen molar-refractivity contribution in [1.29, 1.82) is 5.26 Å². The summed E-state index contributed by atoms with van der Waals surface area (Å²) >= 11 is 1.34. The van der Waals surface area contributed by atoms with Crippen LogP contribution in [0.3, 0.4) is 0 Å². The Morgan fingerprint density at radius 1 is 1.17 bits per heavy atom. The number of nitrogens with one attached hydrogen (secondary N) is 2. The van der Waals surface area contributed by atoms with Crippen molar-refractivity contribution < 1.29 is 9.21 Å². The number of nitrogens with zero attached hydrogens (tertiary/aromatic N) is 2. The summed E-state index contributed by atoms with van der Waals surface area (Å²) in [5.41, 5.74) is 4.50. The number of H-pyrrole nitrogens is 1. The van der Waals surface area contributed by atoms with Gasteiger partial charge in [-0.15, -0.1) is 0 Å². The largest absolute Gasteiger partial charge is 0.450 e. The van der Waals surface area contributed by atoms with Crippen molar-refractivity contribution in [2.24, 2.45) is 0 Å². The molecule has 0 saturated heterocycles. The van der Waals surface area contributed by atoms with Gasteiger partial charge in [-0.25, -0.2) is 4.98 Å². The lowest BCUT2D eigenvalue weighted by atomic mass is 10.1. The molecule has 6 nitrogen and oxygen atoms in total. The number of carbonyl (C=O) groups is 1. The maximum Gasteiger partial charge on any atom is 0.266 e. The van der Waals surface area contributed by atoms with Crippen LogP contribution in [-0.2, 0) is 4.79 Å². The smallest absolute Gasteiger partial charge is 0.266 e. The molecule has 0 radical (unpaired) electrons. The van der Waals surface area contributed by atoms with E-state index in [9.17, 15) is 10.1 Å². The fourth-order valence-electron chi connectivity index (χ4n) is 2.91. The summed E-state index contributed by atoms with van der Waals surface area (Å²) in [5.74, 6) is -0.0598. The molecule has 2 heterocycles. The van der Waals surface area contributed by atoms with Crippen LogP contribution < -0.4 is 5.32 Å². The van der Waals surface area contributed by atoms with Gasteiger partial charge in [-0.05, 0) is 67.1 Å². The predicted molar refractivity (Wildman–Crippen MR) is 117 cm³/mol. The molecule has 4 aromatic rings. The summed E-state index contributed by atoms with van der Waals surface area (Å²) in [5, 5.41) is 13.5. The molecule has 0 saturated carbocycles. The number of aryl methyl sites for hydroxylation is 1. The zero-order valence-electron chi connectivity index (χ0n) is 16.4. The molecule has 7 heteroatoms. The normalized spacial score (nSPS) is 11.4. The highest BCUT2D eigenvalue weighted by Gasteiger charge is 2.13. The lowest BCUT2D eigenvalue weighted by Gasteiger charge is -2.09. The van der Waals surface area contributed by atoms with Crippen LogP contribution in [-0.4, -0.2) is 15.9 Å². The van der Waals surface area contributed by atoms with Crippen LogP contribution in [0, 0.1) is 25.2 Å². The third-order valence-corrected chi connectivity index (χ3v) is 5.48. The molecule has 30 heavy (non-hydrogen) atoms. The Kier molecular flexibility index (Phi) is 5.42. The minimum Gasteiger partial charge on any atom is -0.450 e. The van der Waals surface area contributed by atoms with Gasteiger partial charge in [-0.1, -0.05) is 24.3 Å². The summed E-state index contributed by atoms with van der Waals surface area (Å²) in [6, 6.07) is 18.8. The average molecular weight is 414 g/mol. The number of benzene rings is 2. The Morgan fingerprint density at radius 3 is 2.80 bits per heavy atom. The fraction of sp³-hybridized carbons (Fsp3) is 0.0870. The number of amides is 1. The summed E-state index contributed by atoms with van der Waals surface area (Å²) < 4.78 is 5.75. The third-order valence-electron chi connectivity index (χ3n) is 4.67. The number of hydrogen-bond acceptors (Lipinski definition) is 5. The second kappa shape index (κ2) is 8.31. The van der Waals surface area contributed by atoms with Crippen molar-refractivity contribution >= 4 is 40.5 Å². The first-order valence-corrected chi connectivity index (χ1v) is 10.1.